The lowest BCUT2D eigenvalue weighted by Crippen LogP contribution is -2.38. The Hall–Kier alpha value is -2.96. The van der Waals surface area contributed by atoms with E-state index in [0.717, 1.165) is 5.56 Å². The van der Waals surface area contributed by atoms with Crippen molar-refractivity contribution in [2.24, 2.45) is 4.99 Å². The number of hydrogen-bond donors (Lipinski definition) is 2. The van der Waals surface area contributed by atoms with Gasteiger partial charge >= 0.3 is 0 Å². The van der Waals surface area contributed by atoms with Crippen molar-refractivity contribution >= 4 is 11.6 Å². The Bertz CT molecular complexity index is 808. The molecule has 6 nitrogen and oxygen atoms in total. The number of nitrogens with one attached hydrogen (secondary N) is 2. The number of aliphatic imine (C=N–C) groups is 1. The van der Waals surface area contributed by atoms with Crippen molar-refractivity contribution in [1.29, 1.82) is 0 Å². The first-order valence-corrected chi connectivity index (χ1v) is 8.45. The molecule has 0 aliphatic carbocycles. The zero-order valence-corrected chi connectivity index (χ0v) is 15.1. The van der Waals surface area contributed by atoms with Gasteiger partial charge in [0.15, 0.2) is 5.96 Å². The molecule has 2 aromatic carbocycles. The van der Waals surface area contributed by atoms with Gasteiger partial charge in [-0.3, -0.25) is 10.1 Å². The van der Waals surface area contributed by atoms with Gasteiger partial charge in [0.25, 0.3) is 5.69 Å². The van der Waals surface area contributed by atoms with Gasteiger partial charge in [-0.25, -0.2) is 9.38 Å². The fourth-order valence-electron chi connectivity index (χ4n) is 2.47. The minimum atomic E-state index is -0.414. The molecule has 0 saturated heterocycles. The quantitative estimate of drug-likeness (QED) is 0.356. The van der Waals surface area contributed by atoms with E-state index >= 15 is 0 Å². The molecule has 0 spiro atoms. The predicted octanol–water partition coefficient (Wildman–Crippen LogP) is 3.86. The summed E-state index contributed by atoms with van der Waals surface area (Å²) in [4.78, 5) is 15.1. The van der Waals surface area contributed by atoms with E-state index in [1.165, 1.54) is 12.1 Å². The molecule has 0 bridgehead atoms. The van der Waals surface area contributed by atoms with E-state index in [0.29, 0.717) is 23.6 Å². The largest absolute Gasteiger partial charge is 0.357 e. The topological polar surface area (TPSA) is 79.6 Å². The van der Waals surface area contributed by atoms with Crippen LogP contribution in [0.15, 0.2) is 47.5 Å². The molecule has 0 amide bonds. The summed E-state index contributed by atoms with van der Waals surface area (Å²) >= 11 is 0. The van der Waals surface area contributed by atoms with Crippen molar-refractivity contribution < 1.29 is 9.31 Å². The second kappa shape index (κ2) is 8.94. The summed E-state index contributed by atoms with van der Waals surface area (Å²) in [7, 11) is 0. The maximum absolute atomic E-state index is 13.8. The highest BCUT2D eigenvalue weighted by Gasteiger charge is 2.13. The van der Waals surface area contributed by atoms with E-state index in [-0.39, 0.29) is 24.1 Å². The molecule has 1 unspecified atom stereocenters. The minimum absolute atomic E-state index is 0.0424. The first-order valence-electron chi connectivity index (χ1n) is 8.45. The average molecular weight is 358 g/mol. The van der Waals surface area contributed by atoms with Crippen LogP contribution in [0.25, 0.3) is 0 Å². The molecule has 0 aliphatic heterocycles. The van der Waals surface area contributed by atoms with E-state index in [2.05, 4.69) is 15.6 Å². The van der Waals surface area contributed by atoms with Gasteiger partial charge in [-0.1, -0.05) is 30.3 Å². The van der Waals surface area contributed by atoms with Crippen LogP contribution in [0.4, 0.5) is 10.1 Å². The number of hydrogen-bond acceptors (Lipinski definition) is 3. The Labute approximate surface area is 152 Å². The number of nitro benzene ring substituents is 1. The second-order valence-corrected chi connectivity index (χ2v) is 5.96. The van der Waals surface area contributed by atoms with Crippen LogP contribution in [-0.4, -0.2) is 17.4 Å². The van der Waals surface area contributed by atoms with Crippen LogP contribution in [0.5, 0.6) is 0 Å². The normalized spacial score (nSPS) is 12.5. The predicted molar refractivity (Wildman–Crippen MR) is 101 cm³/mol. The Morgan fingerprint density at radius 3 is 2.69 bits per heavy atom. The van der Waals surface area contributed by atoms with Crippen molar-refractivity contribution in [2.75, 3.05) is 6.54 Å². The zero-order valence-electron chi connectivity index (χ0n) is 15.1. The maximum Gasteiger partial charge on any atom is 0.274 e. The van der Waals surface area contributed by atoms with Crippen LogP contribution in [0.2, 0.25) is 0 Å². The van der Waals surface area contributed by atoms with Gasteiger partial charge in [0.1, 0.15) is 5.82 Å². The molecular weight excluding hydrogens is 335 g/mol. The molecule has 0 aliphatic rings. The van der Waals surface area contributed by atoms with Gasteiger partial charge < -0.3 is 10.6 Å². The fourth-order valence-corrected chi connectivity index (χ4v) is 2.47. The number of aryl methyl sites for hydroxylation is 1. The van der Waals surface area contributed by atoms with Gasteiger partial charge in [-0.05, 0) is 38.0 Å². The molecule has 1 atom stereocenters. The van der Waals surface area contributed by atoms with Gasteiger partial charge in [0, 0.05) is 12.6 Å². The third-order valence-corrected chi connectivity index (χ3v) is 3.99. The minimum Gasteiger partial charge on any atom is -0.357 e. The summed E-state index contributed by atoms with van der Waals surface area (Å²) in [5, 5.41) is 17.4. The molecule has 0 saturated carbocycles. The lowest BCUT2D eigenvalue weighted by Gasteiger charge is -2.18. The molecule has 0 heterocycles. The van der Waals surface area contributed by atoms with Crippen molar-refractivity contribution in [1.82, 2.24) is 10.6 Å². The van der Waals surface area contributed by atoms with E-state index in [4.69, 9.17) is 0 Å². The third-order valence-electron chi connectivity index (χ3n) is 3.99. The molecule has 138 valence electrons. The van der Waals surface area contributed by atoms with Crippen LogP contribution in [0, 0.1) is 22.9 Å². The van der Waals surface area contributed by atoms with E-state index in [1.54, 1.807) is 31.2 Å². The molecule has 0 radical (unpaired) electrons. The van der Waals surface area contributed by atoms with Gasteiger partial charge in [0.05, 0.1) is 23.1 Å². The number of halogens is 1. The molecule has 26 heavy (non-hydrogen) atoms. The Morgan fingerprint density at radius 2 is 2.04 bits per heavy atom. The number of para-hydroxylation sites is 1. The van der Waals surface area contributed by atoms with Gasteiger partial charge in [-0.15, -0.1) is 0 Å². The van der Waals surface area contributed by atoms with Crippen molar-refractivity contribution in [3.8, 4) is 0 Å². The van der Waals surface area contributed by atoms with Gasteiger partial charge in [-0.2, -0.15) is 0 Å². The van der Waals surface area contributed by atoms with Crippen LogP contribution >= 0.6 is 0 Å². The van der Waals surface area contributed by atoms with Gasteiger partial charge in [0.2, 0.25) is 0 Å². The van der Waals surface area contributed by atoms with Crippen molar-refractivity contribution in [2.45, 2.75) is 33.4 Å². The Balaban J connectivity index is 2.16. The number of nitro groups is 1. The summed E-state index contributed by atoms with van der Waals surface area (Å²) in [5.74, 6) is 0.261. The smallest absolute Gasteiger partial charge is 0.274 e. The van der Waals surface area contributed by atoms with E-state index in [9.17, 15) is 14.5 Å². The number of guanidine groups is 1. The summed E-state index contributed by atoms with van der Waals surface area (Å²) < 4.78 is 13.8. The van der Waals surface area contributed by atoms with E-state index < -0.39 is 4.92 Å². The standard InChI is InChI=1S/C19H23FN4O2/c1-4-21-19(22-12-16-7-5-6-8-18(16)24(25)26)23-14(3)15-10-9-13(2)17(20)11-15/h5-11,14H,4,12H2,1-3H3,(H2,21,22,23). The van der Waals surface area contributed by atoms with Crippen molar-refractivity contribution in [3.05, 3.63) is 75.1 Å². The second-order valence-electron chi connectivity index (χ2n) is 5.96. The fraction of sp³-hybridized carbons (Fsp3) is 0.316. The summed E-state index contributed by atoms with van der Waals surface area (Å²) in [6.45, 7) is 6.36. The summed E-state index contributed by atoms with van der Waals surface area (Å²) in [6.07, 6.45) is 0. The zero-order chi connectivity index (χ0) is 19.1. The molecule has 2 rings (SSSR count). The number of rotatable bonds is 6. The first kappa shape index (κ1) is 19.4. The Kier molecular flexibility index (Phi) is 6.66. The van der Waals surface area contributed by atoms with Crippen molar-refractivity contribution in [3.63, 3.8) is 0 Å². The SMILES string of the molecule is CCNC(=NCc1ccccc1[N+](=O)[O-])NC(C)c1ccc(C)c(F)c1. The van der Waals surface area contributed by atoms with Crippen LogP contribution in [0.3, 0.4) is 0 Å². The molecule has 2 N–H and O–H groups in total. The maximum atomic E-state index is 13.8. The summed E-state index contributed by atoms with van der Waals surface area (Å²) in [5.41, 5.74) is 1.96. The molecule has 2 aromatic rings. The molecule has 7 heteroatoms. The van der Waals surface area contributed by atoms with Crippen LogP contribution < -0.4 is 10.6 Å². The number of benzene rings is 2. The highest BCUT2D eigenvalue weighted by molar-refractivity contribution is 5.80. The van der Waals surface area contributed by atoms with Crippen LogP contribution in [0.1, 0.15) is 36.6 Å². The lowest BCUT2D eigenvalue weighted by molar-refractivity contribution is -0.385. The lowest BCUT2D eigenvalue weighted by atomic mass is 10.1. The monoisotopic (exact) mass is 358 g/mol. The third kappa shape index (κ3) is 5.02. The van der Waals surface area contributed by atoms with Crippen LogP contribution in [-0.2, 0) is 6.54 Å². The Morgan fingerprint density at radius 1 is 1.31 bits per heavy atom. The summed E-state index contributed by atoms with van der Waals surface area (Å²) in [6, 6.07) is 11.4. The number of nitrogens with zero attached hydrogens (tertiary/aromatic N) is 2. The molecular formula is C19H23FN4O2. The molecule has 0 aromatic heterocycles. The van der Waals surface area contributed by atoms with E-state index in [1.807, 2.05) is 19.9 Å². The highest BCUT2D eigenvalue weighted by atomic mass is 19.1. The highest BCUT2D eigenvalue weighted by Crippen LogP contribution is 2.19. The first-order chi connectivity index (χ1) is 12.4. The average Bonchev–Trinajstić information content (AvgIpc) is 2.62. The molecule has 0 fully saturated rings.